The Morgan fingerprint density at radius 2 is 1.15 bits per heavy atom. The molecule has 2 N–H and O–H groups in total. The van der Waals surface area contributed by atoms with Gasteiger partial charge in [0.25, 0.3) is 0 Å². The Morgan fingerprint density at radius 3 is 1.72 bits per heavy atom. The van der Waals surface area contributed by atoms with Crippen LogP contribution < -0.4 is 9.80 Å². The predicted molar refractivity (Wildman–Crippen MR) is 239 cm³/mol. The van der Waals surface area contributed by atoms with Crippen LogP contribution in [-0.2, 0) is 18.2 Å². The summed E-state index contributed by atoms with van der Waals surface area (Å²) in [5.41, 5.74) is 2.60. The minimum atomic E-state index is -4.41. The Bertz CT molecular complexity index is 2000. The molecule has 0 radical (unpaired) electrons. The molecule has 0 amide bonds. The third-order valence-electron chi connectivity index (χ3n) is 13.6. The molecule has 4 aromatic carbocycles. The number of para-hydroxylation sites is 2. The minimum Gasteiger partial charge on any atom is -0.389 e. The van der Waals surface area contributed by atoms with Crippen molar-refractivity contribution in [2.45, 2.75) is 82.1 Å². The van der Waals surface area contributed by atoms with Gasteiger partial charge in [-0.25, -0.2) is 0 Å². The van der Waals surface area contributed by atoms with E-state index in [0.29, 0.717) is 24.4 Å². The minimum absolute atomic E-state index is 0.0865. The number of anilines is 2. The molecule has 2 heterocycles. The maximum absolute atomic E-state index is 13.2. The first kappa shape index (κ1) is 44.7. The summed E-state index contributed by atoms with van der Waals surface area (Å²) in [5, 5.41) is 24.8. The standard InChI is InChI=1S/C25H33ClN2O.C24H28ClF3N2O/c1-20-7-6-8-21(17-20)18-25(29)12-5-4-9-22(25)19-27-13-15-28(16-14-27)24-11-3-2-10-23(24)26;25-21-9-1-2-10-22(21)30-14-12-29(13-15-30)17-20-6-3-4-11-23(20,31)18-7-5-8-19(16-18)24(26,27)28/h2-3,6-8,10-11,17,22,29H,4-5,9,12-16,18-19H2,1H3;1-2,5,7-10,16,20,31H,3-4,6,11-15,17H2. The highest BCUT2D eigenvalue weighted by atomic mass is 35.5. The van der Waals surface area contributed by atoms with Crippen LogP contribution in [-0.4, -0.2) is 91.1 Å². The lowest BCUT2D eigenvalue weighted by Gasteiger charge is -2.45. The summed E-state index contributed by atoms with van der Waals surface area (Å²) in [6.45, 7) is 11.2. The van der Waals surface area contributed by atoms with Crippen molar-refractivity contribution < 1.29 is 23.4 Å². The highest BCUT2D eigenvalue weighted by molar-refractivity contribution is 6.33. The second-order valence-electron chi connectivity index (χ2n) is 17.6. The highest BCUT2D eigenvalue weighted by Crippen LogP contribution is 2.44. The maximum Gasteiger partial charge on any atom is 0.416 e. The van der Waals surface area contributed by atoms with E-state index in [-0.39, 0.29) is 5.92 Å². The normalized spacial score (nSPS) is 25.7. The van der Waals surface area contributed by atoms with Gasteiger partial charge in [-0.05, 0) is 80.1 Å². The number of benzene rings is 4. The van der Waals surface area contributed by atoms with Gasteiger partial charge < -0.3 is 20.0 Å². The molecule has 11 heteroatoms. The zero-order valence-corrected chi connectivity index (χ0v) is 36.4. The summed E-state index contributed by atoms with van der Waals surface area (Å²) in [6.07, 6.45) is 3.92. The molecule has 0 bridgehead atoms. The maximum atomic E-state index is 13.2. The van der Waals surface area contributed by atoms with Gasteiger partial charge in [0, 0.05) is 83.7 Å². The van der Waals surface area contributed by atoms with Crippen LogP contribution in [0.3, 0.4) is 0 Å². The first-order chi connectivity index (χ1) is 28.8. The molecular weight excluding hydrogens is 804 g/mol. The predicted octanol–water partition coefficient (Wildman–Crippen LogP) is 10.5. The molecule has 4 aromatic rings. The van der Waals surface area contributed by atoms with Crippen LogP contribution in [0.25, 0.3) is 0 Å². The summed E-state index contributed by atoms with van der Waals surface area (Å²) in [6, 6.07) is 29.8. The molecule has 2 aliphatic heterocycles. The van der Waals surface area contributed by atoms with Gasteiger partial charge in [0.05, 0.1) is 38.2 Å². The fourth-order valence-electron chi connectivity index (χ4n) is 10.2. The molecule has 0 aromatic heterocycles. The summed E-state index contributed by atoms with van der Waals surface area (Å²) < 4.78 is 39.7. The summed E-state index contributed by atoms with van der Waals surface area (Å²) >= 11 is 12.7. The molecule has 4 fully saturated rings. The van der Waals surface area contributed by atoms with Crippen molar-refractivity contribution in [3.63, 3.8) is 0 Å². The van der Waals surface area contributed by atoms with Crippen molar-refractivity contribution in [3.05, 3.63) is 129 Å². The van der Waals surface area contributed by atoms with E-state index in [0.717, 1.165) is 137 Å². The average Bonchev–Trinajstić information content (AvgIpc) is 3.24. The van der Waals surface area contributed by atoms with Crippen molar-refractivity contribution in [3.8, 4) is 0 Å². The number of aryl methyl sites for hydroxylation is 1. The first-order valence-corrected chi connectivity index (χ1v) is 22.7. The number of halogens is 5. The lowest BCUT2D eigenvalue weighted by Crippen LogP contribution is -2.52. The monoisotopic (exact) mass is 864 g/mol. The van der Waals surface area contributed by atoms with Crippen molar-refractivity contribution >= 4 is 34.6 Å². The Labute approximate surface area is 364 Å². The quantitative estimate of drug-likeness (QED) is 0.175. The molecule has 4 unspecified atom stereocenters. The number of hydrogen-bond donors (Lipinski definition) is 2. The lowest BCUT2D eigenvalue weighted by molar-refractivity contribution is -0.138. The molecule has 4 atom stereocenters. The molecule has 8 rings (SSSR count). The molecule has 4 aliphatic rings. The van der Waals surface area contributed by atoms with E-state index in [1.54, 1.807) is 6.07 Å². The smallest absolute Gasteiger partial charge is 0.389 e. The third-order valence-corrected chi connectivity index (χ3v) is 14.2. The van der Waals surface area contributed by atoms with Crippen LogP contribution in [0.2, 0.25) is 10.0 Å². The van der Waals surface area contributed by atoms with Crippen molar-refractivity contribution in [2.75, 3.05) is 75.2 Å². The number of rotatable bonds is 9. The average molecular weight is 866 g/mol. The summed E-state index contributed by atoms with van der Waals surface area (Å²) in [5.74, 6) is 0.264. The fourth-order valence-corrected chi connectivity index (χ4v) is 10.7. The van der Waals surface area contributed by atoms with Crippen LogP contribution in [0.1, 0.15) is 73.6 Å². The Balaban J connectivity index is 0.000000182. The van der Waals surface area contributed by atoms with Gasteiger partial charge >= 0.3 is 6.18 Å². The third kappa shape index (κ3) is 11.0. The van der Waals surface area contributed by atoms with Crippen molar-refractivity contribution in [1.82, 2.24) is 9.80 Å². The lowest BCUT2D eigenvalue weighted by atomic mass is 9.71. The Morgan fingerprint density at radius 1 is 0.617 bits per heavy atom. The highest BCUT2D eigenvalue weighted by Gasteiger charge is 2.43. The van der Waals surface area contributed by atoms with Crippen molar-refractivity contribution in [1.29, 1.82) is 0 Å². The van der Waals surface area contributed by atoms with E-state index >= 15 is 0 Å². The molecule has 6 nitrogen and oxygen atoms in total. The van der Waals surface area contributed by atoms with Gasteiger partial charge in [-0.15, -0.1) is 0 Å². The van der Waals surface area contributed by atoms with Gasteiger partial charge in [-0.1, -0.05) is 115 Å². The van der Waals surface area contributed by atoms with Crippen LogP contribution in [0, 0.1) is 18.8 Å². The van der Waals surface area contributed by atoms with E-state index in [9.17, 15) is 23.4 Å². The molecule has 0 spiro atoms. The van der Waals surface area contributed by atoms with E-state index in [2.05, 4.69) is 62.9 Å². The van der Waals surface area contributed by atoms with Crippen LogP contribution in [0.4, 0.5) is 24.5 Å². The van der Waals surface area contributed by atoms with Crippen LogP contribution in [0.15, 0.2) is 97.1 Å². The van der Waals surface area contributed by atoms with E-state index in [1.807, 2.05) is 36.4 Å². The SMILES string of the molecule is Cc1cccc(CC2(O)CCCCC2CN2CCN(c3ccccc3Cl)CC2)c1.OC1(c2cccc(C(F)(F)F)c2)CCCCC1CN1CCN(c2ccccc2Cl)CC1. The van der Waals surface area contributed by atoms with Gasteiger partial charge in [0.2, 0.25) is 0 Å². The molecule has 324 valence electrons. The van der Waals surface area contributed by atoms with Gasteiger partial charge in [-0.3, -0.25) is 9.80 Å². The van der Waals surface area contributed by atoms with Crippen LogP contribution >= 0.6 is 23.2 Å². The zero-order chi connectivity index (χ0) is 42.3. The summed E-state index contributed by atoms with van der Waals surface area (Å²) in [4.78, 5) is 9.52. The largest absolute Gasteiger partial charge is 0.416 e. The number of alkyl halides is 3. The van der Waals surface area contributed by atoms with E-state index < -0.39 is 22.9 Å². The molecule has 2 saturated carbocycles. The second kappa shape index (κ2) is 19.8. The fraction of sp³-hybridized carbons (Fsp3) is 0.510. The molecule has 2 aliphatic carbocycles. The Hall–Kier alpha value is -3.31. The van der Waals surface area contributed by atoms with Gasteiger partial charge in [0.1, 0.15) is 0 Å². The van der Waals surface area contributed by atoms with Gasteiger partial charge in [-0.2, -0.15) is 13.2 Å². The van der Waals surface area contributed by atoms with Crippen LogP contribution in [0.5, 0.6) is 0 Å². The van der Waals surface area contributed by atoms with E-state index in [4.69, 9.17) is 23.2 Å². The Kier molecular flexibility index (Phi) is 14.8. The molecule has 2 saturated heterocycles. The topological polar surface area (TPSA) is 53.4 Å². The molecule has 60 heavy (non-hydrogen) atoms. The van der Waals surface area contributed by atoms with Gasteiger partial charge in [0.15, 0.2) is 0 Å². The second-order valence-corrected chi connectivity index (χ2v) is 18.5. The zero-order valence-electron chi connectivity index (χ0n) is 34.9. The van der Waals surface area contributed by atoms with E-state index in [1.165, 1.54) is 23.6 Å². The number of aliphatic hydroxyl groups is 2. The number of nitrogens with zero attached hydrogens (tertiary/aromatic N) is 4. The van der Waals surface area contributed by atoms with Crippen molar-refractivity contribution in [2.24, 2.45) is 11.8 Å². The number of hydrogen-bond acceptors (Lipinski definition) is 6. The summed E-state index contributed by atoms with van der Waals surface area (Å²) in [7, 11) is 0. The first-order valence-electron chi connectivity index (χ1n) is 21.9. The number of piperazine rings is 2. The molecular formula is C49H61Cl2F3N4O2.